The van der Waals surface area contributed by atoms with Crippen LogP contribution >= 0.6 is 22.7 Å². The molecule has 0 spiro atoms. The van der Waals surface area contributed by atoms with Crippen LogP contribution in [0, 0.1) is 0 Å². The molecule has 0 aromatic carbocycles. The predicted molar refractivity (Wildman–Crippen MR) is 64.3 cm³/mol. The third kappa shape index (κ3) is 3.09. The van der Waals surface area contributed by atoms with Gasteiger partial charge in [-0.05, 0) is 0 Å². The first kappa shape index (κ1) is 10.7. The van der Waals surface area contributed by atoms with Crippen molar-refractivity contribution in [1.29, 1.82) is 0 Å². The molecule has 0 aliphatic rings. The molecule has 2 rings (SSSR count). The Morgan fingerprint density at radius 3 is 3.07 bits per heavy atom. The molecule has 0 amide bonds. The van der Waals surface area contributed by atoms with Crippen molar-refractivity contribution in [2.75, 3.05) is 6.54 Å². The molecule has 0 fully saturated rings. The van der Waals surface area contributed by atoms with Gasteiger partial charge in [0.1, 0.15) is 0 Å². The van der Waals surface area contributed by atoms with Crippen LogP contribution in [0.1, 0.15) is 22.7 Å². The Labute approximate surface area is 97.2 Å². The Morgan fingerprint density at radius 1 is 1.47 bits per heavy atom. The summed E-state index contributed by atoms with van der Waals surface area (Å²) in [5.41, 5.74) is 1.86. The Balaban J connectivity index is 1.74. The molecule has 1 atom stereocenters. The molecule has 0 bridgehead atoms. The number of thiazole rings is 2. The van der Waals surface area contributed by atoms with Gasteiger partial charge in [0.25, 0.3) is 0 Å². The number of rotatable bonds is 5. The monoisotopic (exact) mass is 239 g/mol. The molecule has 5 heteroatoms. The number of hydrogen-bond donors (Lipinski definition) is 1. The fourth-order valence-corrected chi connectivity index (χ4v) is 2.57. The van der Waals surface area contributed by atoms with E-state index in [2.05, 4.69) is 22.2 Å². The van der Waals surface area contributed by atoms with Crippen LogP contribution in [0.5, 0.6) is 0 Å². The van der Waals surface area contributed by atoms with E-state index in [1.807, 2.05) is 23.3 Å². The molecular formula is C10H13N3S2. The third-order valence-corrected chi connectivity index (χ3v) is 3.89. The summed E-state index contributed by atoms with van der Waals surface area (Å²) in [5.74, 6) is 0.484. The maximum atomic E-state index is 4.30. The number of hydrogen-bond acceptors (Lipinski definition) is 5. The van der Waals surface area contributed by atoms with E-state index in [-0.39, 0.29) is 0 Å². The summed E-state index contributed by atoms with van der Waals surface area (Å²) < 4.78 is 0. The van der Waals surface area contributed by atoms with E-state index >= 15 is 0 Å². The van der Waals surface area contributed by atoms with Crippen molar-refractivity contribution in [2.45, 2.75) is 19.4 Å². The zero-order valence-electron chi connectivity index (χ0n) is 8.51. The molecule has 80 valence electrons. The molecule has 0 saturated carbocycles. The largest absolute Gasteiger partial charge is 0.311 e. The van der Waals surface area contributed by atoms with E-state index in [1.54, 1.807) is 22.7 Å². The van der Waals surface area contributed by atoms with Crippen LogP contribution in [-0.4, -0.2) is 16.5 Å². The zero-order valence-corrected chi connectivity index (χ0v) is 10.1. The lowest BCUT2D eigenvalue weighted by atomic mass is 10.2. The summed E-state index contributed by atoms with van der Waals surface area (Å²) in [7, 11) is 0. The highest BCUT2D eigenvalue weighted by molar-refractivity contribution is 7.09. The highest BCUT2D eigenvalue weighted by Gasteiger charge is 2.07. The van der Waals surface area contributed by atoms with Crippen LogP contribution in [-0.2, 0) is 6.54 Å². The molecule has 2 heterocycles. The quantitative estimate of drug-likeness (QED) is 0.871. The van der Waals surface area contributed by atoms with Gasteiger partial charge in [0.2, 0.25) is 0 Å². The van der Waals surface area contributed by atoms with Crippen molar-refractivity contribution in [1.82, 2.24) is 15.3 Å². The molecule has 3 nitrogen and oxygen atoms in total. The molecule has 0 saturated heterocycles. The Morgan fingerprint density at radius 2 is 2.40 bits per heavy atom. The van der Waals surface area contributed by atoms with Crippen LogP contribution in [0.2, 0.25) is 0 Å². The van der Waals surface area contributed by atoms with Crippen molar-refractivity contribution < 1.29 is 0 Å². The van der Waals surface area contributed by atoms with Crippen molar-refractivity contribution in [2.24, 2.45) is 0 Å². The van der Waals surface area contributed by atoms with E-state index in [0.29, 0.717) is 5.92 Å². The highest BCUT2D eigenvalue weighted by Crippen LogP contribution is 2.16. The summed E-state index contributed by atoms with van der Waals surface area (Å²) >= 11 is 3.40. The fraction of sp³-hybridized carbons (Fsp3) is 0.400. The molecule has 1 N–H and O–H groups in total. The van der Waals surface area contributed by atoms with Gasteiger partial charge >= 0.3 is 0 Å². The third-order valence-electron chi connectivity index (χ3n) is 2.11. The van der Waals surface area contributed by atoms with Gasteiger partial charge in [-0.1, -0.05) is 6.92 Å². The minimum Gasteiger partial charge on any atom is -0.311 e. The lowest BCUT2D eigenvalue weighted by Crippen LogP contribution is -2.18. The van der Waals surface area contributed by atoms with Gasteiger partial charge in [-0.25, -0.2) is 4.98 Å². The highest BCUT2D eigenvalue weighted by atomic mass is 32.1. The zero-order chi connectivity index (χ0) is 10.5. The summed E-state index contributed by atoms with van der Waals surface area (Å²) in [5, 5.41) is 6.64. The van der Waals surface area contributed by atoms with Crippen LogP contribution in [0.4, 0.5) is 0 Å². The molecule has 0 aliphatic carbocycles. The Bertz CT molecular complexity index is 369. The van der Waals surface area contributed by atoms with E-state index in [9.17, 15) is 0 Å². The SMILES string of the molecule is CC(CNCc1cncs1)c1nccs1. The van der Waals surface area contributed by atoms with Crippen molar-refractivity contribution in [3.8, 4) is 0 Å². The topological polar surface area (TPSA) is 37.8 Å². The summed E-state index contributed by atoms with van der Waals surface area (Å²) in [4.78, 5) is 9.62. The van der Waals surface area contributed by atoms with Crippen LogP contribution in [0.25, 0.3) is 0 Å². The molecule has 0 aliphatic heterocycles. The second kappa shape index (κ2) is 5.34. The van der Waals surface area contributed by atoms with E-state index < -0.39 is 0 Å². The average molecular weight is 239 g/mol. The number of nitrogens with one attached hydrogen (secondary N) is 1. The Kier molecular flexibility index (Phi) is 3.82. The standard InChI is InChI=1S/C10H13N3S2/c1-8(10-13-2-3-14-10)4-11-5-9-6-12-7-15-9/h2-3,6-8,11H,4-5H2,1H3. The van der Waals surface area contributed by atoms with Gasteiger partial charge in [-0.15, -0.1) is 22.7 Å². The van der Waals surface area contributed by atoms with Crippen LogP contribution in [0.15, 0.2) is 23.3 Å². The minimum atomic E-state index is 0.484. The van der Waals surface area contributed by atoms with Gasteiger partial charge in [0.15, 0.2) is 0 Å². The molecule has 0 radical (unpaired) electrons. The van der Waals surface area contributed by atoms with Crippen molar-refractivity contribution in [3.63, 3.8) is 0 Å². The van der Waals surface area contributed by atoms with Gasteiger partial charge in [0.05, 0.1) is 10.5 Å². The maximum absolute atomic E-state index is 4.30. The summed E-state index contributed by atoms with van der Waals surface area (Å²) in [6, 6.07) is 0. The Hall–Kier alpha value is -0.780. The van der Waals surface area contributed by atoms with E-state index in [4.69, 9.17) is 0 Å². The maximum Gasteiger partial charge on any atom is 0.0965 e. The normalized spacial score (nSPS) is 12.9. The van der Waals surface area contributed by atoms with Crippen molar-refractivity contribution in [3.05, 3.63) is 33.2 Å². The van der Waals surface area contributed by atoms with Crippen LogP contribution < -0.4 is 5.32 Å². The molecule has 2 aromatic rings. The smallest absolute Gasteiger partial charge is 0.0965 e. The lowest BCUT2D eigenvalue weighted by molar-refractivity contribution is 0.616. The van der Waals surface area contributed by atoms with E-state index in [0.717, 1.165) is 13.1 Å². The first-order chi connectivity index (χ1) is 7.36. The van der Waals surface area contributed by atoms with Gasteiger partial charge in [-0.2, -0.15) is 0 Å². The molecule has 15 heavy (non-hydrogen) atoms. The van der Waals surface area contributed by atoms with Crippen molar-refractivity contribution >= 4 is 22.7 Å². The van der Waals surface area contributed by atoms with Crippen LogP contribution in [0.3, 0.4) is 0 Å². The minimum absolute atomic E-state index is 0.484. The van der Waals surface area contributed by atoms with Gasteiger partial charge in [-0.3, -0.25) is 4.98 Å². The second-order valence-corrected chi connectivity index (χ2v) is 5.27. The van der Waals surface area contributed by atoms with Gasteiger partial charge < -0.3 is 5.32 Å². The first-order valence-corrected chi connectivity index (χ1v) is 6.59. The molecule has 2 aromatic heterocycles. The number of aromatic nitrogens is 2. The first-order valence-electron chi connectivity index (χ1n) is 4.83. The molecule has 1 unspecified atom stereocenters. The lowest BCUT2D eigenvalue weighted by Gasteiger charge is -2.08. The summed E-state index contributed by atoms with van der Waals surface area (Å²) in [6.07, 6.45) is 3.77. The van der Waals surface area contributed by atoms with Gasteiger partial charge in [0, 0.05) is 41.7 Å². The molecular weight excluding hydrogens is 226 g/mol. The summed E-state index contributed by atoms with van der Waals surface area (Å²) in [6.45, 7) is 4.06. The fourth-order valence-electron chi connectivity index (χ4n) is 1.31. The average Bonchev–Trinajstić information content (AvgIpc) is 2.90. The van der Waals surface area contributed by atoms with E-state index in [1.165, 1.54) is 9.88 Å². The predicted octanol–water partition coefficient (Wildman–Crippen LogP) is 2.49. The second-order valence-electron chi connectivity index (χ2n) is 3.37. The number of nitrogens with zero attached hydrogens (tertiary/aromatic N) is 2.